The van der Waals surface area contributed by atoms with Gasteiger partial charge in [-0.2, -0.15) is 0 Å². The normalized spacial score (nSPS) is 17.5. The molecule has 1 fully saturated rings. The van der Waals surface area contributed by atoms with E-state index in [4.69, 9.17) is 4.74 Å². The minimum Gasteiger partial charge on any atom is -0.365 e. The number of aromatic amines is 1. The molecule has 1 aliphatic heterocycles. The molecular formula is C16H17ClFN5O4S. The number of hydrogen-bond acceptors (Lipinski definition) is 7. The minimum atomic E-state index is -3.68. The largest absolute Gasteiger partial charge is 0.365 e. The number of carbonyl (C=O) groups excluding carboxylic acids is 1. The zero-order chi connectivity index (χ0) is 19.2. The molecule has 9 nitrogen and oxygen atoms in total. The number of nitrogens with zero attached hydrogens (tertiary/aromatic N) is 3. The van der Waals surface area contributed by atoms with Crippen LogP contribution in [0.25, 0.3) is 21.9 Å². The SMILES string of the molecule is CS(=O)(=O)NC(=O)C1CN(c2ncnc3[nH]c4cc(F)ccc4c23)CCO1.Cl. The molecular weight excluding hydrogens is 413 g/mol. The number of amides is 1. The first-order valence-electron chi connectivity index (χ1n) is 8.12. The van der Waals surface area contributed by atoms with E-state index in [0.29, 0.717) is 28.9 Å². The summed E-state index contributed by atoms with van der Waals surface area (Å²) >= 11 is 0. The van der Waals surface area contributed by atoms with E-state index in [1.807, 2.05) is 9.62 Å². The van der Waals surface area contributed by atoms with Crippen LogP contribution in [-0.2, 0) is 19.6 Å². The summed E-state index contributed by atoms with van der Waals surface area (Å²) in [5.74, 6) is -0.528. The predicted molar refractivity (Wildman–Crippen MR) is 104 cm³/mol. The van der Waals surface area contributed by atoms with Gasteiger partial charge in [0.25, 0.3) is 5.91 Å². The summed E-state index contributed by atoms with van der Waals surface area (Å²) < 4.78 is 43.5. The van der Waals surface area contributed by atoms with Crippen LogP contribution in [0.5, 0.6) is 0 Å². The van der Waals surface area contributed by atoms with Crippen LogP contribution in [0.1, 0.15) is 0 Å². The summed E-state index contributed by atoms with van der Waals surface area (Å²) in [6.45, 7) is 0.814. The Kier molecular flexibility index (Phi) is 5.41. The van der Waals surface area contributed by atoms with Gasteiger partial charge in [0.1, 0.15) is 23.6 Å². The second-order valence-electron chi connectivity index (χ2n) is 6.28. The minimum absolute atomic E-state index is 0. The molecule has 0 bridgehead atoms. The fourth-order valence-electron chi connectivity index (χ4n) is 3.17. The van der Waals surface area contributed by atoms with Crippen molar-refractivity contribution >= 4 is 56.1 Å². The lowest BCUT2D eigenvalue weighted by molar-refractivity contribution is -0.131. The van der Waals surface area contributed by atoms with Crippen LogP contribution in [0.3, 0.4) is 0 Å². The van der Waals surface area contributed by atoms with Gasteiger partial charge in [-0.1, -0.05) is 0 Å². The highest BCUT2D eigenvalue weighted by atomic mass is 35.5. The van der Waals surface area contributed by atoms with Gasteiger partial charge in [0.05, 0.1) is 30.3 Å². The fraction of sp³-hybridized carbons (Fsp3) is 0.312. The third kappa shape index (κ3) is 3.86. The lowest BCUT2D eigenvalue weighted by Crippen LogP contribution is -2.51. The van der Waals surface area contributed by atoms with E-state index >= 15 is 0 Å². The highest BCUT2D eigenvalue weighted by Crippen LogP contribution is 2.32. The van der Waals surface area contributed by atoms with Crippen LogP contribution in [0.4, 0.5) is 10.2 Å². The number of H-pyrrole nitrogens is 1. The molecule has 3 heterocycles. The second kappa shape index (κ2) is 7.49. The fourth-order valence-corrected chi connectivity index (χ4v) is 3.67. The van der Waals surface area contributed by atoms with Crippen molar-refractivity contribution in [2.75, 3.05) is 30.9 Å². The zero-order valence-electron chi connectivity index (χ0n) is 14.7. The Balaban J connectivity index is 0.00000225. The van der Waals surface area contributed by atoms with E-state index in [0.717, 1.165) is 11.6 Å². The van der Waals surface area contributed by atoms with Crippen molar-refractivity contribution in [2.24, 2.45) is 0 Å². The molecule has 3 aromatic rings. The molecule has 1 saturated heterocycles. The average molecular weight is 430 g/mol. The highest BCUT2D eigenvalue weighted by molar-refractivity contribution is 7.89. The van der Waals surface area contributed by atoms with Crippen LogP contribution in [0, 0.1) is 5.82 Å². The number of fused-ring (bicyclic) bond motifs is 3. The van der Waals surface area contributed by atoms with Gasteiger partial charge in [-0.3, -0.25) is 9.52 Å². The van der Waals surface area contributed by atoms with Gasteiger partial charge in [-0.05, 0) is 18.2 Å². The molecule has 28 heavy (non-hydrogen) atoms. The number of anilines is 1. The number of carbonyl (C=O) groups is 1. The molecule has 0 aliphatic carbocycles. The smallest absolute Gasteiger partial charge is 0.264 e. The standard InChI is InChI=1S/C16H16FN5O4S.ClH/c1-27(24,25)21-16(23)12-7-22(4-5-26-12)15-13-10-3-2-9(17)6-11(10)20-14(13)18-8-19-15;/h2-3,6,8,12H,4-5,7H2,1H3,(H,21,23)(H,18,19,20);1H. The van der Waals surface area contributed by atoms with Gasteiger partial charge in [0.15, 0.2) is 6.10 Å². The molecule has 0 saturated carbocycles. The summed E-state index contributed by atoms with van der Waals surface area (Å²) in [5, 5.41) is 1.46. The maximum atomic E-state index is 13.5. The van der Waals surface area contributed by atoms with Gasteiger partial charge < -0.3 is 14.6 Å². The predicted octanol–water partition coefficient (Wildman–Crippen LogP) is 0.953. The van der Waals surface area contributed by atoms with Crippen molar-refractivity contribution in [3.8, 4) is 0 Å². The molecule has 1 unspecified atom stereocenters. The van der Waals surface area contributed by atoms with Gasteiger partial charge in [-0.25, -0.2) is 22.8 Å². The van der Waals surface area contributed by atoms with E-state index in [9.17, 15) is 17.6 Å². The topological polar surface area (TPSA) is 117 Å². The number of aromatic nitrogens is 3. The second-order valence-corrected chi connectivity index (χ2v) is 8.03. The van der Waals surface area contributed by atoms with E-state index in [2.05, 4.69) is 15.0 Å². The van der Waals surface area contributed by atoms with Crippen molar-refractivity contribution in [3.05, 3.63) is 30.3 Å². The Hall–Kier alpha value is -2.50. The number of nitrogens with one attached hydrogen (secondary N) is 2. The van der Waals surface area contributed by atoms with E-state index in [-0.39, 0.29) is 31.4 Å². The van der Waals surface area contributed by atoms with Crippen molar-refractivity contribution < 1.29 is 22.3 Å². The van der Waals surface area contributed by atoms with Gasteiger partial charge in [0.2, 0.25) is 10.0 Å². The van der Waals surface area contributed by atoms with Crippen LogP contribution in [-0.4, -0.2) is 61.3 Å². The first-order chi connectivity index (χ1) is 12.8. The number of benzene rings is 1. The first kappa shape index (κ1) is 20.2. The Morgan fingerprint density at radius 2 is 2.18 bits per heavy atom. The van der Waals surface area contributed by atoms with Crippen molar-refractivity contribution in [1.82, 2.24) is 19.7 Å². The van der Waals surface area contributed by atoms with Crippen LogP contribution in [0.2, 0.25) is 0 Å². The Bertz CT molecular complexity index is 1150. The number of halogens is 2. The molecule has 2 aromatic heterocycles. The Labute approximate surface area is 165 Å². The number of ether oxygens (including phenoxy) is 1. The molecule has 0 radical (unpaired) electrons. The quantitative estimate of drug-likeness (QED) is 0.636. The molecule has 0 spiro atoms. The molecule has 12 heteroatoms. The molecule has 4 rings (SSSR count). The summed E-state index contributed by atoms with van der Waals surface area (Å²) in [7, 11) is -3.68. The Morgan fingerprint density at radius 1 is 1.39 bits per heavy atom. The zero-order valence-corrected chi connectivity index (χ0v) is 16.3. The number of rotatable bonds is 3. The van der Waals surface area contributed by atoms with E-state index in [1.54, 1.807) is 6.07 Å². The number of hydrogen-bond donors (Lipinski definition) is 2. The van der Waals surface area contributed by atoms with Crippen molar-refractivity contribution in [1.29, 1.82) is 0 Å². The maximum absolute atomic E-state index is 13.5. The van der Waals surface area contributed by atoms with Crippen molar-refractivity contribution in [2.45, 2.75) is 6.10 Å². The molecule has 150 valence electrons. The molecule has 1 aliphatic rings. The third-order valence-electron chi connectivity index (χ3n) is 4.28. The van der Waals surface area contributed by atoms with Gasteiger partial charge in [0, 0.05) is 11.9 Å². The van der Waals surface area contributed by atoms with Crippen molar-refractivity contribution in [3.63, 3.8) is 0 Å². The monoisotopic (exact) mass is 429 g/mol. The number of morpholine rings is 1. The molecule has 2 N–H and O–H groups in total. The number of sulfonamides is 1. The summed E-state index contributed by atoms with van der Waals surface area (Å²) in [6.07, 6.45) is 1.33. The van der Waals surface area contributed by atoms with Gasteiger partial charge in [-0.15, -0.1) is 12.4 Å². The third-order valence-corrected chi connectivity index (χ3v) is 4.85. The highest BCUT2D eigenvalue weighted by Gasteiger charge is 2.30. The molecule has 1 aromatic carbocycles. The van der Waals surface area contributed by atoms with Gasteiger partial charge >= 0.3 is 0 Å². The first-order valence-corrected chi connectivity index (χ1v) is 10.0. The average Bonchev–Trinajstić information content (AvgIpc) is 2.97. The lowest BCUT2D eigenvalue weighted by Gasteiger charge is -2.33. The van der Waals surface area contributed by atoms with E-state index < -0.39 is 22.0 Å². The van der Waals surface area contributed by atoms with Crippen LogP contribution < -0.4 is 9.62 Å². The van der Waals surface area contributed by atoms with E-state index in [1.165, 1.54) is 18.5 Å². The summed E-state index contributed by atoms with van der Waals surface area (Å²) in [6, 6.07) is 4.38. The molecule has 1 amide bonds. The maximum Gasteiger partial charge on any atom is 0.264 e. The summed E-state index contributed by atoms with van der Waals surface area (Å²) in [4.78, 5) is 25.6. The van der Waals surface area contributed by atoms with Crippen LogP contribution >= 0.6 is 12.4 Å². The lowest BCUT2D eigenvalue weighted by atomic mass is 10.1. The molecule has 1 atom stereocenters. The Morgan fingerprint density at radius 3 is 2.93 bits per heavy atom. The van der Waals surface area contributed by atoms with Crippen LogP contribution in [0.15, 0.2) is 24.5 Å². The summed E-state index contributed by atoms with van der Waals surface area (Å²) in [5.41, 5.74) is 1.13.